The Labute approximate surface area is 191 Å². The van der Waals surface area contributed by atoms with Gasteiger partial charge < -0.3 is 15.0 Å². The van der Waals surface area contributed by atoms with Crippen molar-refractivity contribution in [2.45, 2.75) is 39.5 Å². The summed E-state index contributed by atoms with van der Waals surface area (Å²) in [4.78, 5) is 39.9. The third kappa shape index (κ3) is 4.82. The van der Waals surface area contributed by atoms with E-state index in [1.165, 1.54) is 4.57 Å². The highest BCUT2D eigenvalue weighted by Crippen LogP contribution is 2.17. The molecule has 0 saturated heterocycles. The summed E-state index contributed by atoms with van der Waals surface area (Å²) in [6.07, 6.45) is 0. The molecule has 1 N–H and O–H groups in total. The first-order valence-electron chi connectivity index (χ1n) is 10.8. The molecule has 3 aromatic rings. The second-order valence-corrected chi connectivity index (χ2v) is 8.19. The van der Waals surface area contributed by atoms with Crippen LogP contribution in [0.3, 0.4) is 0 Å². The van der Waals surface area contributed by atoms with Gasteiger partial charge in [-0.3, -0.25) is 14.2 Å². The monoisotopic (exact) mass is 449 g/mol. The molecule has 0 spiro atoms. The van der Waals surface area contributed by atoms with Crippen molar-refractivity contribution in [1.82, 2.24) is 24.6 Å². The third-order valence-corrected chi connectivity index (χ3v) is 5.74. The predicted molar refractivity (Wildman–Crippen MR) is 122 cm³/mol. The van der Waals surface area contributed by atoms with Crippen LogP contribution in [0.5, 0.6) is 5.75 Å². The van der Waals surface area contributed by atoms with Gasteiger partial charge in [-0.15, -0.1) is 5.10 Å². The molecule has 1 aliphatic heterocycles. The maximum Gasteiger partial charge on any atom is 0.346 e. The molecule has 0 bridgehead atoms. The maximum atomic E-state index is 13.0. The number of carbonyl (C=O) groups is 2. The fourth-order valence-electron chi connectivity index (χ4n) is 3.95. The van der Waals surface area contributed by atoms with Crippen molar-refractivity contribution in [3.63, 3.8) is 0 Å². The van der Waals surface area contributed by atoms with Gasteiger partial charge in [0.25, 0.3) is 5.91 Å². The van der Waals surface area contributed by atoms with Crippen LogP contribution >= 0.6 is 0 Å². The summed E-state index contributed by atoms with van der Waals surface area (Å²) in [5.74, 6) is 0.119. The average molecular weight is 450 g/mol. The summed E-state index contributed by atoms with van der Waals surface area (Å²) in [6, 6.07) is 15.1. The van der Waals surface area contributed by atoms with E-state index in [0.717, 1.165) is 27.1 Å². The van der Waals surface area contributed by atoms with Crippen LogP contribution in [0.15, 0.2) is 53.3 Å². The second-order valence-electron chi connectivity index (χ2n) is 8.19. The number of fused-ring (bicyclic) bond motifs is 1. The van der Waals surface area contributed by atoms with E-state index in [2.05, 4.69) is 10.4 Å². The molecule has 1 atom stereocenters. The van der Waals surface area contributed by atoms with Crippen LogP contribution in [0.2, 0.25) is 0 Å². The van der Waals surface area contributed by atoms with Gasteiger partial charge in [-0.05, 0) is 37.1 Å². The minimum atomic E-state index is -0.458. The summed E-state index contributed by atoms with van der Waals surface area (Å²) < 4.78 is 7.55. The van der Waals surface area contributed by atoms with Crippen LogP contribution in [-0.4, -0.2) is 44.7 Å². The van der Waals surface area contributed by atoms with Crippen LogP contribution in [0.4, 0.5) is 0 Å². The normalized spacial score (nSPS) is 14.0. The minimum absolute atomic E-state index is 0.0647. The zero-order valence-electron chi connectivity index (χ0n) is 18.9. The highest BCUT2D eigenvalue weighted by Gasteiger charge is 2.30. The Morgan fingerprint density at radius 3 is 2.61 bits per heavy atom. The molecule has 4 rings (SSSR count). The Hall–Kier alpha value is -3.88. The number of nitrogens with one attached hydrogen (secondary N) is 1. The van der Waals surface area contributed by atoms with E-state index in [4.69, 9.17) is 4.74 Å². The summed E-state index contributed by atoms with van der Waals surface area (Å²) >= 11 is 0. The molecule has 9 nitrogen and oxygen atoms in total. The lowest BCUT2D eigenvalue weighted by Gasteiger charge is -2.26. The molecule has 9 heteroatoms. The molecule has 0 saturated carbocycles. The smallest absolute Gasteiger partial charge is 0.346 e. The highest BCUT2D eigenvalue weighted by atomic mass is 16.5. The molecule has 0 aliphatic carbocycles. The molecule has 1 aromatic heterocycles. The molecular weight excluding hydrogens is 422 g/mol. The maximum absolute atomic E-state index is 13.0. The molecule has 0 unspecified atom stereocenters. The van der Waals surface area contributed by atoms with E-state index in [-0.39, 0.29) is 30.2 Å². The van der Waals surface area contributed by atoms with E-state index < -0.39 is 5.69 Å². The molecule has 2 amide bonds. The first-order valence-corrected chi connectivity index (χ1v) is 10.8. The SMILES string of the molecule is COc1ccc([C@@H](C)NC(=O)Cn2nc3n(c2=O)CCN(Cc2cccc(C)c2)C3=O)cc1. The number of nitrogens with zero attached hydrogens (tertiary/aromatic N) is 4. The number of aryl methyl sites for hydroxylation is 1. The number of hydrogen-bond donors (Lipinski definition) is 1. The van der Waals surface area contributed by atoms with Gasteiger partial charge >= 0.3 is 5.69 Å². The number of benzene rings is 2. The van der Waals surface area contributed by atoms with Gasteiger partial charge in [-0.1, -0.05) is 42.0 Å². The predicted octanol–water partition coefficient (Wildman–Crippen LogP) is 1.90. The second kappa shape index (κ2) is 9.32. The summed E-state index contributed by atoms with van der Waals surface area (Å²) in [6.45, 7) is 4.79. The fraction of sp³-hybridized carbons (Fsp3) is 0.333. The van der Waals surface area contributed by atoms with Gasteiger partial charge in [0.2, 0.25) is 11.7 Å². The van der Waals surface area contributed by atoms with Crippen molar-refractivity contribution >= 4 is 11.8 Å². The first kappa shape index (κ1) is 22.3. The number of methoxy groups -OCH3 is 1. The first-order chi connectivity index (χ1) is 15.9. The molecule has 0 radical (unpaired) electrons. The molecular formula is C24H27N5O4. The van der Waals surface area contributed by atoms with Gasteiger partial charge in [0, 0.05) is 19.6 Å². The largest absolute Gasteiger partial charge is 0.497 e. The van der Waals surface area contributed by atoms with E-state index in [0.29, 0.717) is 19.6 Å². The summed E-state index contributed by atoms with van der Waals surface area (Å²) in [5.41, 5.74) is 2.59. The Bertz CT molecular complexity index is 1230. The lowest BCUT2D eigenvalue weighted by molar-refractivity contribution is -0.122. The van der Waals surface area contributed by atoms with E-state index in [9.17, 15) is 14.4 Å². The number of aromatic nitrogens is 3. The van der Waals surface area contributed by atoms with Crippen LogP contribution in [0.25, 0.3) is 0 Å². The number of amides is 2. The van der Waals surface area contributed by atoms with Gasteiger partial charge in [0.05, 0.1) is 13.2 Å². The third-order valence-electron chi connectivity index (χ3n) is 5.74. The lowest BCUT2D eigenvalue weighted by atomic mass is 10.1. The van der Waals surface area contributed by atoms with Gasteiger partial charge in [-0.2, -0.15) is 0 Å². The van der Waals surface area contributed by atoms with Crippen molar-refractivity contribution < 1.29 is 14.3 Å². The van der Waals surface area contributed by atoms with Gasteiger partial charge in [0.15, 0.2) is 0 Å². The van der Waals surface area contributed by atoms with Gasteiger partial charge in [-0.25, -0.2) is 9.48 Å². The lowest BCUT2D eigenvalue weighted by Crippen LogP contribution is -2.42. The van der Waals surface area contributed by atoms with Crippen LogP contribution in [-0.2, 0) is 24.4 Å². The molecule has 2 heterocycles. The number of carbonyl (C=O) groups excluding carboxylic acids is 2. The van der Waals surface area contributed by atoms with E-state index in [1.54, 1.807) is 12.0 Å². The zero-order chi connectivity index (χ0) is 23.5. The van der Waals surface area contributed by atoms with Gasteiger partial charge in [0.1, 0.15) is 12.3 Å². The Kier molecular flexibility index (Phi) is 6.30. The van der Waals surface area contributed by atoms with Crippen LogP contribution in [0, 0.1) is 6.92 Å². The molecule has 2 aromatic carbocycles. The zero-order valence-corrected chi connectivity index (χ0v) is 18.9. The number of rotatable bonds is 7. The van der Waals surface area contributed by atoms with Crippen molar-refractivity contribution in [1.29, 1.82) is 0 Å². The number of ether oxygens (including phenoxy) is 1. The summed E-state index contributed by atoms with van der Waals surface area (Å²) in [7, 11) is 1.59. The Morgan fingerprint density at radius 2 is 1.91 bits per heavy atom. The molecule has 0 fully saturated rings. The Morgan fingerprint density at radius 1 is 1.15 bits per heavy atom. The highest BCUT2D eigenvalue weighted by molar-refractivity contribution is 5.91. The van der Waals surface area contributed by atoms with Crippen molar-refractivity contribution in [3.05, 3.63) is 81.5 Å². The van der Waals surface area contributed by atoms with Crippen molar-refractivity contribution in [3.8, 4) is 5.75 Å². The molecule has 33 heavy (non-hydrogen) atoms. The molecule has 1 aliphatic rings. The molecule has 172 valence electrons. The van der Waals surface area contributed by atoms with E-state index >= 15 is 0 Å². The topological polar surface area (TPSA) is 98.5 Å². The van der Waals surface area contributed by atoms with Crippen molar-refractivity contribution in [2.24, 2.45) is 0 Å². The fourth-order valence-corrected chi connectivity index (χ4v) is 3.95. The Balaban J connectivity index is 1.43. The van der Waals surface area contributed by atoms with Crippen molar-refractivity contribution in [2.75, 3.05) is 13.7 Å². The summed E-state index contributed by atoms with van der Waals surface area (Å²) in [5, 5.41) is 7.05. The van der Waals surface area contributed by atoms with Crippen LogP contribution < -0.4 is 15.7 Å². The van der Waals surface area contributed by atoms with Crippen LogP contribution in [0.1, 0.15) is 40.3 Å². The van der Waals surface area contributed by atoms with E-state index in [1.807, 2.05) is 62.4 Å². The quantitative estimate of drug-likeness (QED) is 0.594. The number of hydrogen-bond acceptors (Lipinski definition) is 5. The minimum Gasteiger partial charge on any atom is -0.497 e. The standard InChI is InChI=1S/C24H27N5O4/c1-16-5-4-6-18(13-16)14-27-11-12-28-22(23(27)31)26-29(24(28)32)15-21(30)25-17(2)19-7-9-20(33-3)10-8-19/h4-10,13,17H,11-12,14-15H2,1-3H3,(H,25,30)/t17-/m1/s1. The average Bonchev–Trinajstić information content (AvgIpc) is 3.11.